The Balaban J connectivity index is 2.48. The molecule has 18 heavy (non-hydrogen) atoms. The molecule has 0 heterocycles. The average Bonchev–Trinajstić information content (AvgIpc) is 2.28. The number of nitrogens with two attached hydrogens (primary N) is 1. The Hall–Kier alpha value is -1.62. The minimum absolute atomic E-state index is 0.0969. The Bertz CT molecular complexity index is 408. The highest BCUT2D eigenvalue weighted by Gasteiger charge is 2.07. The van der Waals surface area contributed by atoms with Crippen LogP contribution in [0.2, 0.25) is 0 Å². The molecule has 1 aromatic rings. The van der Waals surface area contributed by atoms with Gasteiger partial charge in [0.1, 0.15) is 11.6 Å². The van der Waals surface area contributed by atoms with E-state index < -0.39 is 0 Å². The lowest BCUT2D eigenvalue weighted by atomic mass is 10.1. The molecule has 4 nitrogen and oxygen atoms in total. The molecule has 1 aromatic carbocycles. The first kappa shape index (κ1) is 14.4. The predicted molar refractivity (Wildman–Crippen MR) is 67.9 cm³/mol. The molecule has 0 aliphatic heterocycles. The number of hydrogen-bond donors (Lipinski definition) is 2. The van der Waals surface area contributed by atoms with Crippen molar-refractivity contribution in [3.8, 4) is 5.75 Å². The number of methoxy groups -OCH3 is 1. The van der Waals surface area contributed by atoms with E-state index in [0.717, 1.165) is 5.56 Å². The van der Waals surface area contributed by atoms with Crippen molar-refractivity contribution in [3.63, 3.8) is 0 Å². The highest BCUT2D eigenvalue weighted by Crippen LogP contribution is 2.19. The summed E-state index contributed by atoms with van der Waals surface area (Å²) in [7, 11) is 1.53. The molecule has 3 N–H and O–H groups in total. The summed E-state index contributed by atoms with van der Waals surface area (Å²) in [4.78, 5) is 11.4. The molecule has 0 radical (unpaired) electrons. The van der Waals surface area contributed by atoms with Gasteiger partial charge in [-0.2, -0.15) is 0 Å². The quantitative estimate of drug-likeness (QED) is 0.802. The van der Waals surface area contributed by atoms with E-state index in [1.54, 1.807) is 13.0 Å². The van der Waals surface area contributed by atoms with Crippen molar-refractivity contribution in [2.75, 3.05) is 13.7 Å². The van der Waals surface area contributed by atoms with Crippen LogP contribution >= 0.6 is 0 Å². The van der Waals surface area contributed by atoms with Gasteiger partial charge in [0.05, 0.1) is 7.11 Å². The van der Waals surface area contributed by atoms with Crippen LogP contribution in [0, 0.1) is 5.82 Å². The van der Waals surface area contributed by atoms with Crippen molar-refractivity contribution in [1.82, 2.24) is 5.32 Å². The van der Waals surface area contributed by atoms with Crippen LogP contribution in [0.15, 0.2) is 18.2 Å². The SMILES string of the molecule is COc1ccc(F)cc1CCNC(=O)CC(C)N. The number of amides is 1. The molecular weight excluding hydrogens is 235 g/mol. The van der Waals surface area contributed by atoms with Gasteiger partial charge in [-0.05, 0) is 37.1 Å². The van der Waals surface area contributed by atoms with Crippen molar-refractivity contribution in [1.29, 1.82) is 0 Å². The summed E-state index contributed by atoms with van der Waals surface area (Å²) in [6.07, 6.45) is 0.811. The van der Waals surface area contributed by atoms with Crippen molar-refractivity contribution in [2.45, 2.75) is 25.8 Å². The van der Waals surface area contributed by atoms with E-state index in [-0.39, 0.29) is 17.8 Å². The lowest BCUT2D eigenvalue weighted by Gasteiger charge is -2.10. The Morgan fingerprint density at radius 1 is 1.56 bits per heavy atom. The lowest BCUT2D eigenvalue weighted by Crippen LogP contribution is -2.31. The third-order valence-electron chi connectivity index (χ3n) is 2.47. The van der Waals surface area contributed by atoms with Gasteiger partial charge in [-0.1, -0.05) is 0 Å². The maximum atomic E-state index is 13.1. The van der Waals surface area contributed by atoms with Crippen molar-refractivity contribution in [3.05, 3.63) is 29.6 Å². The van der Waals surface area contributed by atoms with E-state index in [1.165, 1.54) is 19.2 Å². The fourth-order valence-electron chi connectivity index (χ4n) is 1.64. The monoisotopic (exact) mass is 254 g/mol. The number of halogens is 1. The molecule has 1 rings (SSSR count). The fourth-order valence-corrected chi connectivity index (χ4v) is 1.64. The van der Waals surface area contributed by atoms with Crippen LogP contribution in [0.25, 0.3) is 0 Å². The Morgan fingerprint density at radius 2 is 2.28 bits per heavy atom. The topological polar surface area (TPSA) is 64.3 Å². The third kappa shape index (κ3) is 4.71. The van der Waals surface area contributed by atoms with Crippen LogP contribution in [-0.2, 0) is 11.2 Å². The summed E-state index contributed by atoms with van der Waals surface area (Å²) in [5.41, 5.74) is 6.25. The van der Waals surface area contributed by atoms with E-state index in [2.05, 4.69) is 5.32 Å². The number of ether oxygens (including phenoxy) is 1. The van der Waals surface area contributed by atoms with Gasteiger partial charge in [-0.3, -0.25) is 4.79 Å². The highest BCUT2D eigenvalue weighted by molar-refractivity contribution is 5.76. The molecule has 0 aliphatic rings. The summed E-state index contributed by atoms with van der Waals surface area (Å²) in [6.45, 7) is 2.21. The summed E-state index contributed by atoms with van der Waals surface area (Å²) in [5.74, 6) is 0.214. The normalized spacial score (nSPS) is 12.0. The fraction of sp³-hybridized carbons (Fsp3) is 0.462. The van der Waals surface area contributed by atoms with Crippen LogP contribution in [0.5, 0.6) is 5.75 Å². The second-order valence-electron chi connectivity index (χ2n) is 4.24. The summed E-state index contributed by atoms with van der Waals surface area (Å²) in [6, 6.07) is 4.18. The number of rotatable bonds is 6. The van der Waals surface area contributed by atoms with Crippen LogP contribution in [0.4, 0.5) is 4.39 Å². The van der Waals surface area contributed by atoms with Gasteiger partial charge in [0.15, 0.2) is 0 Å². The smallest absolute Gasteiger partial charge is 0.221 e. The zero-order valence-corrected chi connectivity index (χ0v) is 10.7. The van der Waals surface area contributed by atoms with Gasteiger partial charge in [0.2, 0.25) is 5.91 Å². The first-order valence-electron chi connectivity index (χ1n) is 5.87. The van der Waals surface area contributed by atoms with Gasteiger partial charge < -0.3 is 15.8 Å². The molecule has 1 unspecified atom stereocenters. The first-order valence-corrected chi connectivity index (χ1v) is 5.87. The summed E-state index contributed by atoms with van der Waals surface area (Å²) >= 11 is 0. The van der Waals surface area contributed by atoms with E-state index in [0.29, 0.717) is 25.1 Å². The van der Waals surface area contributed by atoms with Gasteiger partial charge in [0, 0.05) is 19.0 Å². The predicted octanol–water partition coefficient (Wildman–Crippen LogP) is 1.23. The van der Waals surface area contributed by atoms with E-state index in [4.69, 9.17) is 10.5 Å². The molecule has 0 saturated heterocycles. The second-order valence-corrected chi connectivity index (χ2v) is 4.24. The Labute approximate surface area is 106 Å². The standard InChI is InChI=1S/C13H19FN2O2/c1-9(15)7-13(17)16-6-5-10-8-11(14)3-4-12(10)18-2/h3-4,8-9H,5-7,15H2,1-2H3,(H,16,17). The molecule has 0 aromatic heterocycles. The minimum atomic E-state index is -0.312. The largest absolute Gasteiger partial charge is 0.496 e. The lowest BCUT2D eigenvalue weighted by molar-refractivity contribution is -0.121. The molecule has 0 fully saturated rings. The van der Waals surface area contributed by atoms with Gasteiger partial charge in [-0.25, -0.2) is 4.39 Å². The van der Waals surface area contributed by atoms with Crippen LogP contribution in [-0.4, -0.2) is 25.6 Å². The van der Waals surface area contributed by atoms with Crippen LogP contribution < -0.4 is 15.8 Å². The van der Waals surface area contributed by atoms with Gasteiger partial charge >= 0.3 is 0 Å². The van der Waals surface area contributed by atoms with Gasteiger partial charge in [0.25, 0.3) is 0 Å². The molecule has 1 amide bonds. The molecule has 0 aliphatic carbocycles. The Kier molecular flexibility index (Phi) is 5.58. The van der Waals surface area contributed by atoms with Crippen molar-refractivity contribution >= 4 is 5.91 Å². The molecule has 5 heteroatoms. The molecule has 100 valence electrons. The maximum Gasteiger partial charge on any atom is 0.221 e. The van der Waals surface area contributed by atoms with Crippen molar-refractivity contribution in [2.24, 2.45) is 5.73 Å². The van der Waals surface area contributed by atoms with Crippen molar-refractivity contribution < 1.29 is 13.9 Å². The molecule has 0 bridgehead atoms. The van der Waals surface area contributed by atoms with E-state index in [9.17, 15) is 9.18 Å². The highest BCUT2D eigenvalue weighted by atomic mass is 19.1. The molecular formula is C13H19FN2O2. The number of hydrogen-bond acceptors (Lipinski definition) is 3. The number of benzene rings is 1. The van der Waals surface area contributed by atoms with E-state index in [1.807, 2.05) is 0 Å². The number of carbonyl (C=O) groups is 1. The number of carbonyl (C=O) groups excluding carboxylic acids is 1. The van der Waals surface area contributed by atoms with Gasteiger partial charge in [-0.15, -0.1) is 0 Å². The molecule has 1 atom stereocenters. The maximum absolute atomic E-state index is 13.1. The molecule has 0 saturated carbocycles. The zero-order chi connectivity index (χ0) is 13.5. The second kappa shape index (κ2) is 6.96. The van der Waals surface area contributed by atoms with Crippen LogP contribution in [0.3, 0.4) is 0 Å². The summed E-state index contributed by atoms with van der Waals surface area (Å²) in [5, 5.41) is 2.74. The average molecular weight is 254 g/mol. The Morgan fingerprint density at radius 3 is 2.89 bits per heavy atom. The molecule has 0 spiro atoms. The van der Waals surface area contributed by atoms with E-state index >= 15 is 0 Å². The first-order chi connectivity index (χ1) is 8.52. The number of nitrogens with one attached hydrogen (secondary N) is 1. The van der Waals surface area contributed by atoms with Crippen LogP contribution in [0.1, 0.15) is 18.9 Å². The zero-order valence-electron chi connectivity index (χ0n) is 10.7. The minimum Gasteiger partial charge on any atom is -0.496 e. The third-order valence-corrected chi connectivity index (χ3v) is 2.47. The summed E-state index contributed by atoms with van der Waals surface area (Å²) < 4.78 is 18.2.